The number of likely N-dealkylation sites (tertiary alicyclic amines) is 1. The maximum Gasteiger partial charge on any atom is 0.330 e. The van der Waals surface area contributed by atoms with E-state index in [4.69, 9.17) is 0 Å². The summed E-state index contributed by atoms with van der Waals surface area (Å²) in [6.07, 6.45) is 3.73. The number of carboxylic acid groups (broad SMARTS) is 1. The van der Waals surface area contributed by atoms with Crippen LogP contribution in [-0.4, -0.2) is 75.5 Å². The summed E-state index contributed by atoms with van der Waals surface area (Å²) in [7, 11) is -0.329. The molecule has 0 radical (unpaired) electrons. The monoisotopic (exact) mass is 609 g/mol. The Bertz CT molecular complexity index is 1240. The predicted octanol–water partition coefficient (Wildman–Crippen LogP) is 5.20. The summed E-state index contributed by atoms with van der Waals surface area (Å²) in [5.41, 5.74) is -0.803. The molecule has 0 aromatic heterocycles. The molecule has 0 bridgehead atoms. The van der Waals surface area contributed by atoms with Crippen LogP contribution in [0.4, 0.5) is 0 Å². The molecule has 2 aromatic carbocycles. The fourth-order valence-corrected chi connectivity index (χ4v) is 6.57. The van der Waals surface area contributed by atoms with E-state index in [0.29, 0.717) is 50.8 Å². The van der Waals surface area contributed by atoms with Crippen LogP contribution in [0.2, 0.25) is 0 Å². The quantitative estimate of drug-likeness (QED) is 0.199. The van der Waals surface area contributed by atoms with Crippen molar-refractivity contribution in [3.05, 3.63) is 71.8 Å². The number of unbranched alkanes of at least 4 members (excludes halogenated alkanes) is 1. The Kier molecular flexibility index (Phi) is 12.9. The average molecular weight is 610 g/mol. The molecule has 10 heteroatoms. The molecule has 1 heterocycles. The lowest BCUT2D eigenvalue weighted by atomic mass is 9.87. The highest BCUT2D eigenvalue weighted by Crippen LogP contribution is 2.35. The van der Waals surface area contributed by atoms with Crippen LogP contribution in [0.3, 0.4) is 0 Å². The van der Waals surface area contributed by atoms with Crippen molar-refractivity contribution >= 4 is 32.2 Å². The van der Waals surface area contributed by atoms with Crippen LogP contribution in [0.5, 0.6) is 0 Å². The second kappa shape index (κ2) is 16.3. The van der Waals surface area contributed by atoms with Crippen molar-refractivity contribution in [3.63, 3.8) is 0 Å². The highest BCUT2D eigenvalue weighted by molar-refractivity contribution is 7.25. The van der Waals surface area contributed by atoms with Crippen LogP contribution >= 0.6 is 8.46 Å². The Labute approximate surface area is 256 Å². The fraction of sp³-hybridized carbons (Fsp3) is 0.515. The van der Waals surface area contributed by atoms with E-state index in [1.165, 1.54) is 11.8 Å². The highest BCUT2D eigenvalue weighted by Gasteiger charge is 2.50. The van der Waals surface area contributed by atoms with Crippen LogP contribution in [0.1, 0.15) is 75.2 Å². The SMILES string of the molecule is CC(C)C(P=O)[C@@](C)(C(=O)O)N(CCCCNC(=O)[C@@H]1CCCN1C(=O)c1ccccc1)C(=O)CCCc1ccccc1. The molecular weight excluding hydrogens is 565 g/mol. The molecule has 1 aliphatic rings. The van der Waals surface area contributed by atoms with Gasteiger partial charge in [-0.25, -0.2) is 4.79 Å². The molecule has 0 spiro atoms. The maximum atomic E-state index is 13.5. The van der Waals surface area contributed by atoms with Crippen LogP contribution < -0.4 is 5.32 Å². The highest BCUT2D eigenvalue weighted by atomic mass is 31.1. The standard InChI is InChI=1S/C33H44N3O6P/c1-24(2)29(43-42)33(3,32(40)41)36(28(37)20-12-16-25-14-6-4-7-15-25)23-11-10-21-34-30(38)27-19-13-22-35(27)31(39)26-17-8-5-9-18-26/h4-9,14-15,17-18,24,27,29H,10-13,16,19-23H2,1-3H3,(H,34,38)(H,40,41)/t27-,29?,33-/m0/s1. The number of aryl methyl sites for hydroxylation is 1. The van der Waals surface area contributed by atoms with Crippen molar-refractivity contribution in [1.82, 2.24) is 15.1 Å². The van der Waals surface area contributed by atoms with Crippen molar-refractivity contribution in [2.45, 2.75) is 83.0 Å². The summed E-state index contributed by atoms with van der Waals surface area (Å²) >= 11 is 0. The summed E-state index contributed by atoms with van der Waals surface area (Å²) < 4.78 is 12.2. The van der Waals surface area contributed by atoms with Gasteiger partial charge >= 0.3 is 5.97 Å². The first-order valence-electron chi connectivity index (χ1n) is 15.1. The van der Waals surface area contributed by atoms with Gasteiger partial charge in [0.1, 0.15) is 6.04 Å². The molecule has 1 aliphatic heterocycles. The molecule has 1 fully saturated rings. The number of hydrogen-bond acceptors (Lipinski definition) is 5. The Morgan fingerprint density at radius 1 is 1.02 bits per heavy atom. The predicted molar refractivity (Wildman–Crippen MR) is 166 cm³/mol. The third kappa shape index (κ3) is 8.73. The summed E-state index contributed by atoms with van der Waals surface area (Å²) in [5, 5.41) is 13.3. The molecule has 0 saturated carbocycles. The molecule has 232 valence electrons. The first-order chi connectivity index (χ1) is 20.6. The van der Waals surface area contributed by atoms with Crippen molar-refractivity contribution in [2.75, 3.05) is 19.6 Å². The van der Waals surface area contributed by atoms with Crippen molar-refractivity contribution in [1.29, 1.82) is 0 Å². The second-order valence-corrected chi connectivity index (χ2v) is 12.4. The molecule has 43 heavy (non-hydrogen) atoms. The van der Waals surface area contributed by atoms with Gasteiger partial charge in [-0.2, -0.15) is 0 Å². The van der Waals surface area contributed by atoms with Gasteiger partial charge in [-0.1, -0.05) is 62.4 Å². The van der Waals surface area contributed by atoms with Crippen LogP contribution in [0.25, 0.3) is 0 Å². The van der Waals surface area contributed by atoms with Gasteiger partial charge in [-0.3, -0.25) is 18.9 Å². The number of amides is 3. The molecule has 2 aromatic rings. The van der Waals surface area contributed by atoms with Crippen molar-refractivity contribution in [2.24, 2.45) is 5.92 Å². The van der Waals surface area contributed by atoms with E-state index in [-0.39, 0.29) is 45.1 Å². The van der Waals surface area contributed by atoms with Crippen LogP contribution in [-0.2, 0) is 25.4 Å². The van der Waals surface area contributed by atoms with Gasteiger partial charge in [0.2, 0.25) is 11.8 Å². The lowest BCUT2D eigenvalue weighted by molar-refractivity contribution is -0.159. The zero-order valence-electron chi connectivity index (χ0n) is 25.4. The Hall–Kier alpha value is -3.58. The van der Waals surface area contributed by atoms with E-state index >= 15 is 0 Å². The first kappa shape index (κ1) is 33.9. The second-order valence-electron chi connectivity index (χ2n) is 11.7. The molecule has 0 aliphatic carbocycles. The number of carboxylic acids is 1. The third-order valence-electron chi connectivity index (χ3n) is 8.26. The smallest absolute Gasteiger partial charge is 0.330 e. The van der Waals surface area contributed by atoms with Crippen LogP contribution in [0, 0.1) is 5.92 Å². The van der Waals surface area contributed by atoms with Crippen molar-refractivity contribution < 1.29 is 28.8 Å². The maximum absolute atomic E-state index is 13.5. The van der Waals surface area contributed by atoms with Gasteiger partial charge in [0, 0.05) is 31.6 Å². The number of benzene rings is 2. The summed E-state index contributed by atoms with van der Waals surface area (Å²) in [5.74, 6) is -2.10. The minimum Gasteiger partial charge on any atom is -0.479 e. The van der Waals surface area contributed by atoms with Gasteiger partial charge in [0.05, 0.1) is 5.66 Å². The topological polar surface area (TPSA) is 124 Å². The molecule has 3 amide bonds. The zero-order valence-corrected chi connectivity index (χ0v) is 26.3. The lowest BCUT2D eigenvalue weighted by Gasteiger charge is -2.42. The Morgan fingerprint density at radius 2 is 1.67 bits per heavy atom. The van der Waals surface area contributed by atoms with Gasteiger partial charge in [0.15, 0.2) is 14.0 Å². The zero-order chi connectivity index (χ0) is 31.4. The van der Waals surface area contributed by atoms with E-state index < -0.39 is 23.2 Å². The fourth-order valence-electron chi connectivity index (χ4n) is 5.87. The normalized spacial score (nSPS) is 16.9. The van der Waals surface area contributed by atoms with E-state index in [1.807, 2.05) is 36.4 Å². The molecule has 2 N–H and O–H groups in total. The van der Waals surface area contributed by atoms with Gasteiger partial charge in [-0.05, 0) is 69.1 Å². The van der Waals surface area contributed by atoms with Gasteiger partial charge in [0.25, 0.3) is 5.91 Å². The van der Waals surface area contributed by atoms with Crippen LogP contribution in [0.15, 0.2) is 60.7 Å². The van der Waals surface area contributed by atoms with E-state index in [1.54, 1.807) is 43.0 Å². The minimum absolute atomic E-state index is 0.156. The molecule has 3 atom stereocenters. The molecule has 3 rings (SSSR count). The summed E-state index contributed by atoms with van der Waals surface area (Å²) in [6.45, 7) is 6.11. The molecule has 1 saturated heterocycles. The van der Waals surface area contributed by atoms with E-state index in [2.05, 4.69) is 5.32 Å². The first-order valence-corrected chi connectivity index (χ1v) is 16.0. The number of aliphatic carboxylic acids is 1. The number of hydrogen-bond donors (Lipinski definition) is 2. The lowest BCUT2D eigenvalue weighted by Crippen LogP contribution is -2.62. The number of nitrogens with one attached hydrogen (secondary N) is 1. The average Bonchev–Trinajstić information content (AvgIpc) is 3.49. The summed E-state index contributed by atoms with van der Waals surface area (Å²) in [6, 6.07) is 18.2. The third-order valence-corrected chi connectivity index (χ3v) is 9.59. The van der Waals surface area contributed by atoms with Gasteiger partial charge < -0.3 is 20.2 Å². The van der Waals surface area contributed by atoms with Crippen molar-refractivity contribution in [3.8, 4) is 0 Å². The summed E-state index contributed by atoms with van der Waals surface area (Å²) in [4.78, 5) is 55.1. The minimum atomic E-state index is -1.66. The largest absolute Gasteiger partial charge is 0.479 e. The number of nitrogens with zero attached hydrogens (tertiary/aromatic N) is 2. The Balaban J connectivity index is 1.61. The van der Waals surface area contributed by atoms with E-state index in [0.717, 1.165) is 12.0 Å². The number of carbonyl (C=O) groups excluding carboxylic acids is 3. The van der Waals surface area contributed by atoms with E-state index in [9.17, 15) is 28.8 Å². The molecular formula is C33H44N3O6P. The number of rotatable bonds is 16. The number of carbonyl (C=O) groups is 4. The van der Waals surface area contributed by atoms with Gasteiger partial charge in [-0.15, -0.1) is 0 Å². The molecule has 1 unspecified atom stereocenters. The molecule has 9 nitrogen and oxygen atoms in total. The Morgan fingerprint density at radius 3 is 2.28 bits per heavy atom.